The van der Waals surface area contributed by atoms with Crippen LogP contribution in [0.15, 0.2) is 23.4 Å². The second-order valence-electron chi connectivity index (χ2n) is 2.65. The Morgan fingerprint density at radius 1 is 1.43 bits per heavy atom. The van der Waals surface area contributed by atoms with Gasteiger partial charge in [-0.05, 0) is 12.1 Å². The zero-order chi connectivity index (χ0) is 10.2. The van der Waals surface area contributed by atoms with Crippen LogP contribution in [0.5, 0.6) is 0 Å². The second-order valence-corrected chi connectivity index (χ2v) is 3.73. The molecule has 5 heteroatoms. The molecule has 0 saturated carbocycles. The Hall–Kier alpha value is -0.780. The molecule has 1 aromatic heterocycles. The molecule has 0 spiro atoms. The Bertz CT molecular complexity index is 270. The van der Waals surface area contributed by atoms with E-state index in [4.69, 9.17) is 16.2 Å². The van der Waals surface area contributed by atoms with E-state index in [0.717, 1.165) is 16.5 Å². The number of hydrogen-bond acceptors (Lipinski definition) is 5. The van der Waals surface area contributed by atoms with Gasteiger partial charge in [0.15, 0.2) is 0 Å². The van der Waals surface area contributed by atoms with Crippen LogP contribution in [0.25, 0.3) is 0 Å². The number of rotatable bonds is 6. The molecular weight excluding hydrogens is 198 g/mol. The number of nitrogens with two attached hydrogens (primary N) is 2. The van der Waals surface area contributed by atoms with Crippen LogP contribution in [0.3, 0.4) is 0 Å². The molecule has 4 N–H and O–H groups in total. The summed E-state index contributed by atoms with van der Waals surface area (Å²) in [6, 6.07) is 3.67. The van der Waals surface area contributed by atoms with E-state index in [1.54, 1.807) is 18.0 Å². The van der Waals surface area contributed by atoms with Crippen LogP contribution in [-0.2, 0) is 4.74 Å². The van der Waals surface area contributed by atoms with Crippen molar-refractivity contribution < 1.29 is 4.74 Å². The van der Waals surface area contributed by atoms with E-state index >= 15 is 0 Å². The number of nitrogens with zero attached hydrogens (tertiary/aromatic N) is 1. The Labute approximate surface area is 88.0 Å². The number of hydrogen-bond donors (Lipinski definition) is 2. The topological polar surface area (TPSA) is 74.2 Å². The summed E-state index contributed by atoms with van der Waals surface area (Å²) in [4.78, 5) is 4.15. The second kappa shape index (κ2) is 6.64. The third kappa shape index (κ3) is 3.95. The zero-order valence-electron chi connectivity index (χ0n) is 7.98. The van der Waals surface area contributed by atoms with Crippen molar-refractivity contribution in [1.82, 2.24) is 4.98 Å². The predicted octanol–water partition coefficient (Wildman–Crippen LogP) is 0.731. The quantitative estimate of drug-likeness (QED) is 0.538. The van der Waals surface area contributed by atoms with E-state index in [2.05, 4.69) is 4.98 Å². The fourth-order valence-electron chi connectivity index (χ4n) is 0.907. The molecule has 0 radical (unpaired) electrons. The van der Waals surface area contributed by atoms with Gasteiger partial charge in [0.2, 0.25) is 0 Å². The van der Waals surface area contributed by atoms with Crippen LogP contribution in [0.1, 0.15) is 0 Å². The number of anilines is 1. The minimum atomic E-state index is 0.566. The Balaban J connectivity index is 2.21. The molecule has 1 heterocycles. The molecule has 78 valence electrons. The van der Waals surface area contributed by atoms with Crippen molar-refractivity contribution in [3.8, 4) is 0 Å². The summed E-state index contributed by atoms with van der Waals surface area (Å²) < 4.78 is 5.23. The van der Waals surface area contributed by atoms with Gasteiger partial charge in [-0.25, -0.2) is 4.98 Å². The van der Waals surface area contributed by atoms with Gasteiger partial charge >= 0.3 is 0 Å². The van der Waals surface area contributed by atoms with Crippen molar-refractivity contribution >= 4 is 17.4 Å². The first-order chi connectivity index (χ1) is 6.84. The van der Waals surface area contributed by atoms with E-state index in [0.29, 0.717) is 19.8 Å². The van der Waals surface area contributed by atoms with Gasteiger partial charge < -0.3 is 16.2 Å². The van der Waals surface area contributed by atoms with Crippen LogP contribution >= 0.6 is 11.8 Å². The molecule has 0 fully saturated rings. The minimum Gasteiger partial charge on any atom is -0.397 e. The summed E-state index contributed by atoms with van der Waals surface area (Å²) in [7, 11) is 0. The van der Waals surface area contributed by atoms with E-state index in [-0.39, 0.29) is 0 Å². The Kier molecular flexibility index (Phi) is 5.36. The van der Waals surface area contributed by atoms with E-state index in [1.165, 1.54) is 0 Å². The van der Waals surface area contributed by atoms with Crippen molar-refractivity contribution in [3.05, 3.63) is 18.3 Å². The molecule has 0 amide bonds. The molecule has 0 bridgehead atoms. The normalized spacial score (nSPS) is 10.4. The first kappa shape index (κ1) is 11.3. The Morgan fingerprint density at radius 3 is 3.00 bits per heavy atom. The zero-order valence-corrected chi connectivity index (χ0v) is 8.80. The third-order valence-corrected chi connectivity index (χ3v) is 2.51. The van der Waals surface area contributed by atoms with Gasteiger partial charge in [0.1, 0.15) is 5.03 Å². The van der Waals surface area contributed by atoms with Gasteiger partial charge in [-0.1, -0.05) is 0 Å². The lowest BCUT2D eigenvalue weighted by molar-refractivity contribution is 0.158. The summed E-state index contributed by atoms with van der Waals surface area (Å²) in [5, 5.41) is 0.865. The fraction of sp³-hybridized carbons (Fsp3) is 0.444. The summed E-state index contributed by atoms with van der Waals surface area (Å²) in [5.74, 6) is 0.848. The van der Waals surface area contributed by atoms with Crippen molar-refractivity contribution in [2.75, 3.05) is 31.2 Å². The monoisotopic (exact) mass is 213 g/mol. The molecule has 1 rings (SSSR count). The fourth-order valence-corrected chi connectivity index (χ4v) is 1.67. The van der Waals surface area contributed by atoms with Crippen LogP contribution in [0, 0.1) is 0 Å². The largest absolute Gasteiger partial charge is 0.397 e. The first-order valence-corrected chi connectivity index (χ1v) is 5.44. The highest BCUT2D eigenvalue weighted by molar-refractivity contribution is 7.99. The predicted molar refractivity (Wildman–Crippen MR) is 59.2 cm³/mol. The van der Waals surface area contributed by atoms with E-state index in [9.17, 15) is 0 Å². The molecule has 1 aromatic rings. The average Bonchev–Trinajstić information content (AvgIpc) is 2.20. The lowest BCUT2D eigenvalue weighted by Crippen LogP contribution is -2.09. The highest BCUT2D eigenvalue weighted by atomic mass is 32.2. The van der Waals surface area contributed by atoms with Gasteiger partial charge in [0, 0.05) is 18.5 Å². The number of thioether (sulfide) groups is 1. The minimum absolute atomic E-state index is 0.566. The van der Waals surface area contributed by atoms with Crippen LogP contribution in [0.4, 0.5) is 5.69 Å². The maximum absolute atomic E-state index is 5.72. The van der Waals surface area contributed by atoms with Crippen LogP contribution < -0.4 is 11.5 Å². The molecule has 14 heavy (non-hydrogen) atoms. The smallest absolute Gasteiger partial charge is 0.119 e. The van der Waals surface area contributed by atoms with E-state index in [1.807, 2.05) is 12.1 Å². The molecule has 0 aliphatic heterocycles. The molecule has 4 nitrogen and oxygen atoms in total. The highest BCUT2D eigenvalue weighted by Crippen LogP contribution is 2.20. The third-order valence-electron chi connectivity index (χ3n) is 1.53. The number of pyridine rings is 1. The van der Waals surface area contributed by atoms with Gasteiger partial charge in [-0.2, -0.15) is 0 Å². The molecule has 0 aliphatic rings. The Morgan fingerprint density at radius 2 is 2.29 bits per heavy atom. The molecule has 0 atom stereocenters. The van der Waals surface area contributed by atoms with Crippen molar-refractivity contribution in [1.29, 1.82) is 0 Å². The summed E-state index contributed by atoms with van der Waals surface area (Å²) in [6.07, 6.45) is 1.74. The number of aromatic nitrogens is 1. The van der Waals surface area contributed by atoms with Gasteiger partial charge in [0.05, 0.1) is 18.9 Å². The van der Waals surface area contributed by atoms with Gasteiger partial charge in [-0.3, -0.25) is 0 Å². The van der Waals surface area contributed by atoms with Crippen LogP contribution in [-0.4, -0.2) is 30.5 Å². The molecule has 0 unspecified atom stereocenters. The highest BCUT2D eigenvalue weighted by Gasteiger charge is 1.99. The van der Waals surface area contributed by atoms with Crippen molar-refractivity contribution in [2.45, 2.75) is 5.03 Å². The first-order valence-electron chi connectivity index (χ1n) is 4.45. The maximum atomic E-state index is 5.72. The van der Waals surface area contributed by atoms with Gasteiger partial charge in [0.25, 0.3) is 0 Å². The molecule has 0 aromatic carbocycles. The summed E-state index contributed by atoms with van der Waals surface area (Å²) >= 11 is 1.60. The van der Waals surface area contributed by atoms with Crippen molar-refractivity contribution in [3.63, 3.8) is 0 Å². The molecule has 0 aliphatic carbocycles. The van der Waals surface area contributed by atoms with Crippen LogP contribution in [0.2, 0.25) is 0 Å². The summed E-state index contributed by atoms with van der Waals surface area (Å²) in [6.45, 7) is 1.85. The number of ether oxygens (including phenoxy) is 1. The lowest BCUT2D eigenvalue weighted by atomic mass is 10.4. The standard InChI is InChI=1S/C9H15N3OS/c10-3-5-13-6-7-14-9-8(11)2-1-4-12-9/h1-2,4H,3,5-7,10-11H2. The van der Waals surface area contributed by atoms with E-state index < -0.39 is 0 Å². The maximum Gasteiger partial charge on any atom is 0.119 e. The molecular formula is C9H15N3OS. The number of nitrogen functional groups attached to an aromatic ring is 1. The van der Waals surface area contributed by atoms with Crippen molar-refractivity contribution in [2.24, 2.45) is 5.73 Å². The summed E-state index contributed by atoms with van der Waals surface area (Å²) in [5.41, 5.74) is 11.7. The average molecular weight is 213 g/mol. The lowest BCUT2D eigenvalue weighted by Gasteiger charge is -2.04. The SMILES string of the molecule is NCCOCCSc1ncccc1N. The van der Waals surface area contributed by atoms with Gasteiger partial charge in [-0.15, -0.1) is 11.8 Å². The molecule has 0 saturated heterocycles.